The lowest BCUT2D eigenvalue weighted by atomic mass is 9.98. The second-order valence-corrected chi connectivity index (χ2v) is 5.01. The van der Waals surface area contributed by atoms with Crippen molar-refractivity contribution in [3.05, 3.63) is 53.9 Å². The topological polar surface area (TPSA) is 90.1 Å². The van der Waals surface area contributed by atoms with Crippen LogP contribution in [0.2, 0.25) is 0 Å². The van der Waals surface area contributed by atoms with Gasteiger partial charge in [-0.15, -0.1) is 5.10 Å². The highest BCUT2D eigenvalue weighted by Gasteiger charge is 2.12. The van der Waals surface area contributed by atoms with Crippen LogP contribution in [0.25, 0.3) is 16.8 Å². The van der Waals surface area contributed by atoms with Gasteiger partial charge in [0.15, 0.2) is 0 Å². The van der Waals surface area contributed by atoms with Gasteiger partial charge in [-0.1, -0.05) is 6.07 Å². The lowest BCUT2D eigenvalue weighted by molar-refractivity contribution is 0.0697. The molecule has 0 saturated heterocycles. The molecule has 2 aromatic carbocycles. The van der Waals surface area contributed by atoms with E-state index in [0.717, 1.165) is 22.4 Å². The number of methoxy groups -OCH3 is 1. The Balaban J connectivity index is 2.17. The predicted octanol–water partition coefficient (Wildman–Crippen LogP) is 2.34. The second-order valence-electron chi connectivity index (χ2n) is 5.01. The van der Waals surface area contributed by atoms with E-state index in [9.17, 15) is 9.90 Å². The van der Waals surface area contributed by atoms with Crippen LogP contribution in [0, 0.1) is 6.92 Å². The van der Waals surface area contributed by atoms with Gasteiger partial charge in [-0.25, -0.2) is 9.48 Å². The molecule has 7 nitrogen and oxygen atoms in total. The van der Waals surface area contributed by atoms with E-state index in [-0.39, 0.29) is 5.56 Å². The second kappa shape index (κ2) is 5.88. The summed E-state index contributed by atoms with van der Waals surface area (Å²) < 4.78 is 6.63. The molecule has 1 aromatic heterocycles. The quantitative estimate of drug-likeness (QED) is 0.795. The van der Waals surface area contributed by atoms with Gasteiger partial charge in [-0.05, 0) is 64.4 Å². The highest BCUT2D eigenvalue weighted by atomic mass is 16.5. The highest BCUT2D eigenvalue weighted by Crippen LogP contribution is 2.29. The Kier molecular flexibility index (Phi) is 3.76. The molecule has 23 heavy (non-hydrogen) atoms. The molecule has 0 saturated carbocycles. The monoisotopic (exact) mass is 310 g/mol. The van der Waals surface area contributed by atoms with E-state index in [2.05, 4.69) is 15.5 Å². The van der Waals surface area contributed by atoms with E-state index in [0.29, 0.717) is 5.69 Å². The van der Waals surface area contributed by atoms with Crippen LogP contribution in [0.5, 0.6) is 5.75 Å². The largest absolute Gasteiger partial charge is 0.497 e. The Hall–Kier alpha value is -3.22. The van der Waals surface area contributed by atoms with Gasteiger partial charge in [-0.2, -0.15) is 0 Å². The number of carboxylic acid groups (broad SMARTS) is 1. The lowest BCUT2D eigenvalue weighted by Crippen LogP contribution is -2.02. The highest BCUT2D eigenvalue weighted by molar-refractivity contribution is 5.90. The van der Waals surface area contributed by atoms with Crippen LogP contribution in [0.15, 0.2) is 42.7 Å². The van der Waals surface area contributed by atoms with Gasteiger partial charge < -0.3 is 9.84 Å². The molecule has 3 rings (SSSR count). The van der Waals surface area contributed by atoms with E-state index in [1.165, 1.54) is 17.1 Å². The van der Waals surface area contributed by atoms with E-state index in [4.69, 9.17) is 4.74 Å². The van der Waals surface area contributed by atoms with Crippen LogP contribution >= 0.6 is 0 Å². The van der Waals surface area contributed by atoms with E-state index in [1.807, 2.05) is 31.2 Å². The van der Waals surface area contributed by atoms with Gasteiger partial charge in [0.05, 0.1) is 18.4 Å². The number of ether oxygens (including phenoxy) is 1. The third-order valence-corrected chi connectivity index (χ3v) is 3.52. The molecule has 7 heteroatoms. The van der Waals surface area contributed by atoms with Gasteiger partial charge in [0.25, 0.3) is 0 Å². The summed E-state index contributed by atoms with van der Waals surface area (Å²) in [5.41, 5.74) is 3.43. The van der Waals surface area contributed by atoms with Gasteiger partial charge in [0.2, 0.25) is 0 Å². The Morgan fingerprint density at radius 3 is 2.65 bits per heavy atom. The first-order valence-corrected chi connectivity index (χ1v) is 6.85. The maximum absolute atomic E-state index is 11.4. The first-order valence-electron chi connectivity index (χ1n) is 6.85. The zero-order chi connectivity index (χ0) is 16.4. The van der Waals surface area contributed by atoms with Crippen molar-refractivity contribution in [1.29, 1.82) is 0 Å². The summed E-state index contributed by atoms with van der Waals surface area (Å²) in [7, 11) is 1.61. The molecule has 0 spiro atoms. The fourth-order valence-corrected chi connectivity index (χ4v) is 2.39. The molecule has 0 unspecified atom stereocenters. The third kappa shape index (κ3) is 2.89. The SMILES string of the molecule is COc1ccc(-c2cc(C(=O)O)cc(-n3cnnn3)c2)c(C)c1. The van der Waals surface area contributed by atoms with E-state index >= 15 is 0 Å². The average Bonchev–Trinajstić information content (AvgIpc) is 3.08. The van der Waals surface area contributed by atoms with Gasteiger partial charge >= 0.3 is 5.97 Å². The minimum Gasteiger partial charge on any atom is -0.497 e. The average molecular weight is 310 g/mol. The van der Waals surface area contributed by atoms with Crippen molar-refractivity contribution < 1.29 is 14.6 Å². The molecule has 0 atom stereocenters. The lowest BCUT2D eigenvalue weighted by Gasteiger charge is -2.11. The zero-order valence-corrected chi connectivity index (χ0v) is 12.6. The number of hydrogen-bond acceptors (Lipinski definition) is 5. The first-order chi connectivity index (χ1) is 11.1. The third-order valence-electron chi connectivity index (χ3n) is 3.52. The number of aromatic nitrogens is 4. The number of carbonyl (C=O) groups is 1. The number of carboxylic acids is 1. The summed E-state index contributed by atoms with van der Waals surface area (Å²) in [6.07, 6.45) is 1.42. The fraction of sp³-hybridized carbons (Fsp3) is 0.125. The van der Waals surface area contributed by atoms with Gasteiger partial charge in [0, 0.05) is 0 Å². The van der Waals surface area contributed by atoms with E-state index < -0.39 is 5.97 Å². The summed E-state index contributed by atoms with van der Waals surface area (Å²) in [5, 5.41) is 20.3. The molecule has 0 fully saturated rings. The Morgan fingerprint density at radius 2 is 2.04 bits per heavy atom. The summed E-state index contributed by atoms with van der Waals surface area (Å²) in [5.74, 6) is -0.256. The zero-order valence-electron chi connectivity index (χ0n) is 12.6. The number of tetrazole rings is 1. The molecule has 3 aromatic rings. The van der Waals surface area contributed by atoms with Crippen molar-refractivity contribution in [2.45, 2.75) is 6.92 Å². The van der Waals surface area contributed by atoms with Crippen molar-refractivity contribution >= 4 is 5.97 Å². The normalized spacial score (nSPS) is 10.5. The van der Waals surface area contributed by atoms with Crippen LogP contribution in [0.1, 0.15) is 15.9 Å². The number of aryl methyl sites for hydroxylation is 1. The summed E-state index contributed by atoms with van der Waals surface area (Å²) in [6, 6.07) is 10.6. The fourth-order valence-electron chi connectivity index (χ4n) is 2.39. The van der Waals surface area contributed by atoms with Crippen molar-refractivity contribution in [2.24, 2.45) is 0 Å². The Labute approximate surface area is 132 Å². The molecule has 0 aliphatic rings. The van der Waals surface area contributed by atoms with Crippen LogP contribution in [-0.4, -0.2) is 38.4 Å². The minimum absolute atomic E-state index is 0.170. The number of nitrogens with zero attached hydrogens (tertiary/aromatic N) is 4. The van der Waals surface area contributed by atoms with Crippen molar-refractivity contribution in [2.75, 3.05) is 7.11 Å². The Morgan fingerprint density at radius 1 is 1.22 bits per heavy atom. The molecule has 0 bridgehead atoms. The van der Waals surface area contributed by atoms with Crippen LogP contribution < -0.4 is 4.74 Å². The molecular weight excluding hydrogens is 296 g/mol. The Bertz CT molecular complexity index is 860. The molecule has 0 amide bonds. The van der Waals surface area contributed by atoms with Crippen molar-refractivity contribution in [3.63, 3.8) is 0 Å². The maximum atomic E-state index is 11.4. The number of rotatable bonds is 4. The summed E-state index contributed by atoms with van der Waals surface area (Å²) >= 11 is 0. The first kappa shape index (κ1) is 14.7. The molecule has 0 radical (unpaired) electrons. The van der Waals surface area contributed by atoms with E-state index in [1.54, 1.807) is 13.2 Å². The number of benzene rings is 2. The van der Waals surface area contributed by atoms with Crippen LogP contribution in [-0.2, 0) is 0 Å². The van der Waals surface area contributed by atoms with Crippen LogP contribution in [0.3, 0.4) is 0 Å². The molecule has 1 heterocycles. The minimum atomic E-state index is -1.01. The molecule has 1 N–H and O–H groups in total. The molecule has 0 aliphatic heterocycles. The molecular formula is C16H14N4O3. The van der Waals surface area contributed by atoms with Gasteiger partial charge in [0.1, 0.15) is 12.1 Å². The smallest absolute Gasteiger partial charge is 0.335 e. The number of hydrogen-bond donors (Lipinski definition) is 1. The van der Waals surface area contributed by atoms with Crippen molar-refractivity contribution in [1.82, 2.24) is 20.2 Å². The standard InChI is InChI=1S/C16H14N4O3/c1-10-5-14(23-2)3-4-15(10)11-6-12(16(21)22)8-13(7-11)20-9-17-18-19-20/h3-9H,1-2H3,(H,21,22). The number of aromatic carboxylic acids is 1. The summed E-state index contributed by atoms with van der Waals surface area (Å²) in [6.45, 7) is 1.95. The molecule has 116 valence electrons. The van der Waals surface area contributed by atoms with Crippen molar-refractivity contribution in [3.8, 4) is 22.6 Å². The van der Waals surface area contributed by atoms with Gasteiger partial charge in [-0.3, -0.25) is 0 Å². The predicted molar refractivity (Wildman–Crippen MR) is 82.8 cm³/mol. The summed E-state index contributed by atoms with van der Waals surface area (Å²) in [4.78, 5) is 11.4. The maximum Gasteiger partial charge on any atom is 0.335 e. The van der Waals surface area contributed by atoms with Crippen LogP contribution in [0.4, 0.5) is 0 Å². The molecule has 0 aliphatic carbocycles.